The van der Waals surface area contributed by atoms with Crippen LogP contribution in [0.25, 0.3) is 135 Å². The van der Waals surface area contributed by atoms with Gasteiger partial charge in [0.05, 0.1) is 0 Å². The Hall–Kier alpha value is -9.52. The number of thiophene rings is 2. The standard InChI is InChI=1S/C123H144N2OS2/c1-7-13-19-25-31-43-75-121(76-44-32-26-20-14-8-2)113-85-93(91-51-39-37-40-52-91)59-67-105(113)106-68-60-94(86-114(106)121)95-61-69-107-109-71-63-99(89-117(109)122(115(107)87-95,77-45-33-27-21-15-9-3)78-46-34-28-22-16-10-4)111-83-97(58-66-102-56-50-82-128-102)112(84-96(111)57-65-101-55-49-81-127-101)100-64-72-110-108-70-62-98(104-74-73-103(92-53-41-38-42-54-92)119-120(104)125-126-124-119)88-116(108)123(118(110)90-100,79-47-35-29-23-17-11-5)80-48-36-30-24-18-12-6/h37-42,49-74,81-90H,7-36,43-48,75-80H2,1-6H3/b65-57+,66-58+. The van der Waals surface area contributed by atoms with Crippen LogP contribution in [0.5, 0.6) is 0 Å². The quantitative estimate of drug-likeness (QED) is 0.0357. The molecule has 0 fully saturated rings. The van der Waals surface area contributed by atoms with E-state index in [1.165, 1.54) is 359 Å². The summed E-state index contributed by atoms with van der Waals surface area (Å²) < 4.78 is 5.70. The van der Waals surface area contributed by atoms with Gasteiger partial charge in [0.2, 0.25) is 0 Å². The van der Waals surface area contributed by atoms with Crippen molar-refractivity contribution in [2.45, 2.75) is 327 Å². The van der Waals surface area contributed by atoms with Crippen LogP contribution in [0.1, 0.15) is 365 Å². The van der Waals surface area contributed by atoms with Crippen LogP contribution < -0.4 is 0 Å². The second-order valence-electron chi connectivity index (χ2n) is 38.5. The van der Waals surface area contributed by atoms with E-state index < -0.39 is 0 Å². The molecule has 13 aromatic rings. The zero-order valence-corrected chi connectivity index (χ0v) is 80.2. The van der Waals surface area contributed by atoms with Crippen molar-refractivity contribution in [3.05, 3.63) is 283 Å². The summed E-state index contributed by atoms with van der Waals surface area (Å²) in [5.41, 5.74) is 36.5. The second-order valence-corrected chi connectivity index (χ2v) is 40.5. The van der Waals surface area contributed by atoms with Crippen LogP contribution in [0.2, 0.25) is 0 Å². The summed E-state index contributed by atoms with van der Waals surface area (Å²) in [6.07, 6.45) is 62.7. The van der Waals surface area contributed by atoms with Gasteiger partial charge in [-0.3, -0.25) is 0 Å². The summed E-state index contributed by atoms with van der Waals surface area (Å²) in [7, 11) is 0. The Morgan fingerprint density at radius 3 is 0.766 bits per heavy atom. The number of rotatable bonds is 52. The van der Waals surface area contributed by atoms with Crippen molar-refractivity contribution in [3.63, 3.8) is 0 Å². The molecule has 0 saturated heterocycles. The Balaban J connectivity index is 0.842. The molecular formula is C123H144N2OS2. The number of hydrogen-bond acceptors (Lipinski definition) is 5. The van der Waals surface area contributed by atoms with E-state index >= 15 is 0 Å². The van der Waals surface area contributed by atoms with Crippen molar-refractivity contribution in [2.24, 2.45) is 0 Å². The first kappa shape index (κ1) is 91.8. The molecule has 10 aromatic carbocycles. The fourth-order valence-electron chi connectivity index (χ4n) is 22.9. The van der Waals surface area contributed by atoms with Gasteiger partial charge < -0.3 is 0 Å². The van der Waals surface area contributed by atoms with Gasteiger partial charge in [0.25, 0.3) is 0 Å². The van der Waals surface area contributed by atoms with Gasteiger partial charge in [-0.2, -0.15) is 0 Å². The molecule has 3 aliphatic carbocycles. The maximum atomic E-state index is 5.70. The number of aromatic nitrogens is 2. The van der Waals surface area contributed by atoms with Gasteiger partial charge in [-0.15, -0.1) is 22.7 Å². The van der Waals surface area contributed by atoms with Crippen molar-refractivity contribution >= 4 is 58.0 Å². The van der Waals surface area contributed by atoms with E-state index in [0.29, 0.717) is 0 Å². The monoisotopic (exact) mass is 1730 g/mol. The molecule has 0 bridgehead atoms. The van der Waals surface area contributed by atoms with Crippen molar-refractivity contribution in [2.75, 3.05) is 0 Å². The van der Waals surface area contributed by atoms with Crippen LogP contribution in [-0.4, -0.2) is 10.3 Å². The Morgan fingerprint density at radius 1 is 0.219 bits per heavy atom. The van der Waals surface area contributed by atoms with Crippen LogP contribution in [0.3, 0.4) is 0 Å². The van der Waals surface area contributed by atoms with E-state index in [4.69, 9.17) is 9.79 Å². The minimum atomic E-state index is -0.209. The minimum absolute atomic E-state index is 0.0613. The lowest BCUT2D eigenvalue weighted by Crippen LogP contribution is -2.26. The first-order valence-corrected chi connectivity index (χ1v) is 52.9. The zero-order valence-electron chi connectivity index (χ0n) is 78.6. The highest BCUT2D eigenvalue weighted by atomic mass is 32.1. The number of hydrogen-bond donors (Lipinski definition) is 0. The maximum absolute atomic E-state index is 5.70. The molecule has 0 unspecified atom stereocenters. The van der Waals surface area contributed by atoms with Gasteiger partial charge >= 0.3 is 0 Å². The molecule has 664 valence electrons. The van der Waals surface area contributed by atoms with Crippen LogP contribution in [0.4, 0.5) is 0 Å². The predicted molar refractivity (Wildman–Crippen MR) is 558 cm³/mol. The molecule has 0 aliphatic heterocycles. The minimum Gasteiger partial charge on any atom is -0.243 e. The molecule has 3 heterocycles. The first-order valence-electron chi connectivity index (χ1n) is 51.1. The smallest absolute Gasteiger partial charge is 0.143 e. The molecule has 3 aliphatic rings. The highest BCUT2D eigenvalue weighted by molar-refractivity contribution is 7.11. The van der Waals surface area contributed by atoms with Crippen LogP contribution in [0.15, 0.2) is 234 Å². The molecule has 16 rings (SSSR count). The SMILES string of the molecule is CCCCCCCCC1(CCCCCCCC)c2cc(-c3ccccc3)ccc2-c2ccc(-c3ccc4c(c3)C(CCCCCCCC)(CCCCCCCC)c3cc(-c5cc(/C=C/c6cccs6)c(-c6ccc7c(c6)C(CCCCCCCC)(CCCCCCCC)c6cc(-c8ccc(-c9ccccc9)c9nonc89)ccc6-7)cc5/C=C/c5cccs5)ccc3-4)cc21. The number of benzene rings is 10. The van der Waals surface area contributed by atoms with E-state index in [2.05, 4.69) is 300 Å². The van der Waals surface area contributed by atoms with Crippen LogP contribution in [0, 0.1) is 0 Å². The number of nitrogens with zero attached hydrogens (tertiary/aromatic N) is 2. The fourth-order valence-corrected chi connectivity index (χ4v) is 24.1. The molecule has 3 aromatic heterocycles. The van der Waals surface area contributed by atoms with Gasteiger partial charge in [-0.25, -0.2) is 4.63 Å². The third-order valence-electron chi connectivity index (χ3n) is 29.9. The highest BCUT2D eigenvalue weighted by Gasteiger charge is 2.47. The molecule has 5 heteroatoms. The summed E-state index contributed by atoms with van der Waals surface area (Å²) in [5, 5.41) is 13.8. The van der Waals surface area contributed by atoms with Crippen molar-refractivity contribution in [1.82, 2.24) is 10.3 Å². The lowest BCUT2D eigenvalue weighted by molar-refractivity contribution is 0.315. The highest BCUT2D eigenvalue weighted by Crippen LogP contribution is 2.61. The summed E-state index contributed by atoms with van der Waals surface area (Å²) in [6.45, 7) is 14.1. The van der Waals surface area contributed by atoms with E-state index in [1.54, 1.807) is 22.3 Å². The van der Waals surface area contributed by atoms with E-state index in [1.807, 2.05) is 22.7 Å². The summed E-state index contributed by atoms with van der Waals surface area (Å²) in [5.74, 6) is 0. The Kier molecular flexibility index (Phi) is 32.5. The lowest BCUT2D eigenvalue weighted by atomic mass is 9.69. The average molecular weight is 1730 g/mol. The number of fused-ring (bicyclic) bond motifs is 10. The molecule has 0 atom stereocenters. The third-order valence-corrected chi connectivity index (χ3v) is 31.5. The Morgan fingerprint density at radius 2 is 0.469 bits per heavy atom. The van der Waals surface area contributed by atoms with Gasteiger partial charge in [-0.1, -0.05) is 443 Å². The number of unbranched alkanes of at least 4 members (excludes halogenated alkanes) is 30. The summed E-state index contributed by atoms with van der Waals surface area (Å²) >= 11 is 3.65. The van der Waals surface area contributed by atoms with Crippen molar-refractivity contribution in [1.29, 1.82) is 0 Å². The third kappa shape index (κ3) is 20.8. The Bertz CT molecular complexity index is 5720. The van der Waals surface area contributed by atoms with Gasteiger partial charge in [0.1, 0.15) is 11.0 Å². The molecule has 128 heavy (non-hydrogen) atoms. The molecule has 0 spiro atoms. The normalized spacial score (nSPS) is 13.7. The molecule has 0 amide bonds. The van der Waals surface area contributed by atoms with E-state index in [-0.39, 0.29) is 16.2 Å². The topological polar surface area (TPSA) is 38.9 Å². The Labute approximate surface area is 778 Å². The van der Waals surface area contributed by atoms with Gasteiger partial charge in [0, 0.05) is 37.1 Å². The van der Waals surface area contributed by atoms with E-state index in [0.717, 1.165) is 53.4 Å². The lowest BCUT2D eigenvalue weighted by Gasteiger charge is -2.34. The molecule has 3 nitrogen and oxygen atoms in total. The van der Waals surface area contributed by atoms with Crippen molar-refractivity contribution < 1.29 is 4.63 Å². The zero-order chi connectivity index (χ0) is 87.8. The second kappa shape index (κ2) is 45.3. The molecule has 0 N–H and O–H groups in total. The molecule has 0 saturated carbocycles. The fraction of sp³-hybridized carbons (Fsp3) is 0.415. The molecule has 0 radical (unpaired) electrons. The van der Waals surface area contributed by atoms with Gasteiger partial charge in [-0.05, 0) is 266 Å². The molecular weight excluding hydrogens is 1590 g/mol. The van der Waals surface area contributed by atoms with Gasteiger partial charge in [0.15, 0.2) is 0 Å². The largest absolute Gasteiger partial charge is 0.243 e. The average Bonchev–Trinajstić information content (AvgIpc) is 1.56. The van der Waals surface area contributed by atoms with Crippen LogP contribution >= 0.6 is 22.7 Å². The van der Waals surface area contributed by atoms with Crippen LogP contribution in [-0.2, 0) is 16.2 Å². The van der Waals surface area contributed by atoms with Crippen molar-refractivity contribution in [3.8, 4) is 100 Å². The first-order chi connectivity index (χ1) is 63.2. The summed E-state index contributed by atoms with van der Waals surface area (Å²) in [6, 6.07) is 86.9. The predicted octanol–water partition coefficient (Wildman–Crippen LogP) is 39.0. The van der Waals surface area contributed by atoms with E-state index in [9.17, 15) is 0 Å². The maximum Gasteiger partial charge on any atom is 0.143 e. The summed E-state index contributed by atoms with van der Waals surface area (Å²) in [4.78, 5) is 2.52.